The number of nitrogens with zero attached hydrogens (tertiary/aromatic N) is 3. The molecule has 1 heterocycles. The van der Waals surface area contributed by atoms with Gasteiger partial charge in [-0.3, -0.25) is 4.90 Å². The number of aromatic nitrogens is 2. The minimum Gasteiger partial charge on any atom is -0.384 e. The van der Waals surface area contributed by atoms with Crippen molar-refractivity contribution in [3.8, 4) is 0 Å². The predicted octanol–water partition coefficient (Wildman–Crippen LogP) is 4.81. The Morgan fingerprint density at radius 1 is 0.875 bits per heavy atom. The highest BCUT2D eigenvalue weighted by Gasteiger charge is 2.15. The topological polar surface area (TPSA) is 55.0 Å². The van der Waals surface area contributed by atoms with Gasteiger partial charge in [0.25, 0.3) is 0 Å². The summed E-state index contributed by atoms with van der Waals surface area (Å²) in [5.74, 6) is 0.933. The molecule has 0 aliphatic carbocycles. The molecule has 2 N–H and O–H groups in total. The third kappa shape index (κ3) is 3.17. The molecule has 0 saturated heterocycles. The molecule has 3 rings (SSSR count). The van der Waals surface area contributed by atoms with Crippen molar-refractivity contribution < 1.29 is 0 Å². The van der Waals surface area contributed by atoms with Crippen LogP contribution in [-0.4, -0.2) is 9.97 Å². The van der Waals surface area contributed by atoms with Crippen LogP contribution in [0.4, 0.5) is 23.1 Å². The summed E-state index contributed by atoms with van der Waals surface area (Å²) in [5, 5.41) is 0. The summed E-state index contributed by atoms with van der Waals surface area (Å²) in [5.41, 5.74) is 9.74. The molecule has 4 heteroatoms. The van der Waals surface area contributed by atoms with Crippen LogP contribution in [-0.2, 0) is 0 Å². The Morgan fingerprint density at radius 3 is 1.96 bits per heavy atom. The lowest BCUT2D eigenvalue weighted by atomic mass is 10.1. The minimum absolute atomic E-state index is 0.421. The Bertz CT molecular complexity index is 835. The highest BCUT2D eigenvalue weighted by atomic mass is 15.3. The summed E-state index contributed by atoms with van der Waals surface area (Å²) >= 11 is 0. The minimum atomic E-state index is 0.421. The van der Waals surface area contributed by atoms with Crippen LogP contribution in [0.5, 0.6) is 0 Å². The molecule has 0 aliphatic rings. The Balaban J connectivity index is 2.19. The first-order valence-corrected chi connectivity index (χ1v) is 7.55. The highest BCUT2D eigenvalue weighted by molar-refractivity contribution is 5.75. The van der Waals surface area contributed by atoms with E-state index in [4.69, 9.17) is 5.73 Å². The van der Waals surface area contributed by atoms with Gasteiger partial charge in [-0.1, -0.05) is 49.6 Å². The quantitative estimate of drug-likeness (QED) is 0.734. The fourth-order valence-corrected chi connectivity index (χ4v) is 2.43. The largest absolute Gasteiger partial charge is 0.384 e. The molecule has 0 fully saturated rings. The Labute approximate surface area is 141 Å². The van der Waals surface area contributed by atoms with Gasteiger partial charge in [-0.15, -0.1) is 0 Å². The van der Waals surface area contributed by atoms with Gasteiger partial charge in [0.05, 0.1) is 0 Å². The molecule has 1 aromatic heterocycles. The van der Waals surface area contributed by atoms with Crippen molar-refractivity contribution in [1.82, 2.24) is 9.97 Å². The molecule has 0 unspecified atom stereocenters. The standard InChI is InChI=1S/C20H18N4/c1-3-15-7-5-9-17(13-15)24(20-22-12-11-19(21)23-20)18-10-6-8-16(4-2)14-18/h3-14H,1-2H2,(H2,21,22,23). The fourth-order valence-electron chi connectivity index (χ4n) is 2.43. The maximum atomic E-state index is 5.85. The zero-order valence-electron chi connectivity index (χ0n) is 13.3. The molecular formula is C20H18N4. The van der Waals surface area contributed by atoms with Crippen molar-refractivity contribution in [3.63, 3.8) is 0 Å². The van der Waals surface area contributed by atoms with Gasteiger partial charge in [-0.2, -0.15) is 4.98 Å². The lowest BCUT2D eigenvalue weighted by Gasteiger charge is -2.23. The molecular weight excluding hydrogens is 296 g/mol. The smallest absolute Gasteiger partial charge is 0.236 e. The molecule has 3 aromatic rings. The summed E-state index contributed by atoms with van der Waals surface area (Å²) in [7, 11) is 0. The Hall–Kier alpha value is -3.40. The van der Waals surface area contributed by atoms with Gasteiger partial charge in [0.15, 0.2) is 0 Å². The van der Waals surface area contributed by atoms with Gasteiger partial charge in [-0.05, 0) is 41.5 Å². The van der Waals surface area contributed by atoms with Crippen molar-refractivity contribution in [2.45, 2.75) is 0 Å². The van der Waals surface area contributed by atoms with Gasteiger partial charge >= 0.3 is 0 Å². The van der Waals surface area contributed by atoms with E-state index in [1.165, 1.54) is 0 Å². The van der Waals surface area contributed by atoms with Gasteiger partial charge in [0.1, 0.15) is 5.82 Å². The second-order valence-corrected chi connectivity index (χ2v) is 5.22. The molecule has 4 nitrogen and oxygen atoms in total. The van der Waals surface area contributed by atoms with Gasteiger partial charge in [0, 0.05) is 17.6 Å². The fraction of sp³-hybridized carbons (Fsp3) is 0. The second-order valence-electron chi connectivity index (χ2n) is 5.22. The number of hydrogen-bond donors (Lipinski definition) is 1. The SMILES string of the molecule is C=Cc1cccc(N(c2cccc(C=C)c2)c2nccc(N)n2)c1. The maximum absolute atomic E-state index is 5.85. The van der Waals surface area contributed by atoms with E-state index in [0.29, 0.717) is 11.8 Å². The van der Waals surface area contributed by atoms with E-state index < -0.39 is 0 Å². The van der Waals surface area contributed by atoms with E-state index in [0.717, 1.165) is 22.5 Å². The average molecular weight is 314 g/mol. The zero-order chi connectivity index (χ0) is 16.9. The lowest BCUT2D eigenvalue weighted by molar-refractivity contribution is 1.08. The van der Waals surface area contributed by atoms with Crippen LogP contribution in [0.25, 0.3) is 12.2 Å². The number of rotatable bonds is 5. The Morgan fingerprint density at radius 2 is 1.46 bits per heavy atom. The van der Waals surface area contributed by atoms with Crippen LogP contribution in [0.2, 0.25) is 0 Å². The van der Waals surface area contributed by atoms with Crippen molar-refractivity contribution >= 4 is 35.3 Å². The predicted molar refractivity (Wildman–Crippen MR) is 101 cm³/mol. The van der Waals surface area contributed by atoms with E-state index in [2.05, 4.69) is 23.1 Å². The summed E-state index contributed by atoms with van der Waals surface area (Å²) in [6.07, 6.45) is 5.27. The second kappa shape index (κ2) is 6.79. The average Bonchev–Trinajstić information content (AvgIpc) is 2.62. The number of nitrogens with two attached hydrogens (primary N) is 1. The Kier molecular flexibility index (Phi) is 4.38. The maximum Gasteiger partial charge on any atom is 0.236 e. The molecule has 24 heavy (non-hydrogen) atoms. The van der Waals surface area contributed by atoms with Crippen LogP contribution in [0.15, 0.2) is 74.0 Å². The molecule has 0 amide bonds. The van der Waals surface area contributed by atoms with Crippen molar-refractivity contribution in [2.75, 3.05) is 10.6 Å². The number of hydrogen-bond acceptors (Lipinski definition) is 4. The van der Waals surface area contributed by atoms with E-state index in [9.17, 15) is 0 Å². The van der Waals surface area contributed by atoms with E-state index in [1.807, 2.05) is 65.6 Å². The number of anilines is 4. The van der Waals surface area contributed by atoms with Gasteiger partial charge in [0.2, 0.25) is 5.95 Å². The van der Waals surface area contributed by atoms with Gasteiger partial charge in [-0.25, -0.2) is 4.98 Å². The first-order valence-electron chi connectivity index (χ1n) is 7.55. The molecule has 0 saturated carbocycles. The molecule has 0 radical (unpaired) electrons. The van der Waals surface area contributed by atoms with E-state index in [1.54, 1.807) is 12.3 Å². The number of benzene rings is 2. The number of nitrogen functional groups attached to an aromatic ring is 1. The normalized spacial score (nSPS) is 10.2. The van der Waals surface area contributed by atoms with Crippen molar-refractivity contribution in [3.05, 3.63) is 85.1 Å². The van der Waals surface area contributed by atoms with Crippen molar-refractivity contribution in [2.24, 2.45) is 0 Å². The highest BCUT2D eigenvalue weighted by Crippen LogP contribution is 2.33. The van der Waals surface area contributed by atoms with Crippen molar-refractivity contribution in [1.29, 1.82) is 0 Å². The summed E-state index contributed by atoms with van der Waals surface area (Å²) in [6, 6.07) is 17.7. The first-order chi connectivity index (χ1) is 11.7. The first kappa shape index (κ1) is 15.5. The van der Waals surface area contributed by atoms with Crippen LogP contribution >= 0.6 is 0 Å². The molecule has 0 atom stereocenters. The molecule has 0 spiro atoms. The summed E-state index contributed by atoms with van der Waals surface area (Å²) in [4.78, 5) is 10.7. The van der Waals surface area contributed by atoms with Crippen LogP contribution < -0.4 is 10.6 Å². The summed E-state index contributed by atoms with van der Waals surface area (Å²) in [6.45, 7) is 7.67. The molecule has 0 aliphatic heterocycles. The van der Waals surface area contributed by atoms with Crippen LogP contribution in [0.1, 0.15) is 11.1 Å². The van der Waals surface area contributed by atoms with Crippen LogP contribution in [0.3, 0.4) is 0 Å². The van der Waals surface area contributed by atoms with Crippen LogP contribution in [0, 0.1) is 0 Å². The summed E-state index contributed by atoms with van der Waals surface area (Å²) < 4.78 is 0. The third-order valence-corrected chi connectivity index (χ3v) is 3.59. The zero-order valence-corrected chi connectivity index (χ0v) is 13.3. The lowest BCUT2D eigenvalue weighted by Crippen LogP contribution is -2.14. The monoisotopic (exact) mass is 314 g/mol. The van der Waals surface area contributed by atoms with E-state index >= 15 is 0 Å². The molecule has 118 valence electrons. The van der Waals surface area contributed by atoms with E-state index in [-0.39, 0.29) is 0 Å². The van der Waals surface area contributed by atoms with Gasteiger partial charge < -0.3 is 5.73 Å². The molecule has 0 bridgehead atoms. The molecule has 2 aromatic carbocycles. The third-order valence-electron chi connectivity index (χ3n) is 3.59.